The van der Waals surface area contributed by atoms with Crippen molar-refractivity contribution in [2.24, 2.45) is 0 Å². The van der Waals surface area contributed by atoms with Gasteiger partial charge in [-0.2, -0.15) is 0 Å². The van der Waals surface area contributed by atoms with Gasteiger partial charge in [-0.1, -0.05) is 6.42 Å². The predicted molar refractivity (Wildman–Crippen MR) is 74.6 cm³/mol. The third-order valence-corrected chi connectivity index (χ3v) is 7.32. The van der Waals surface area contributed by atoms with Gasteiger partial charge >= 0.3 is 0 Å². The fourth-order valence-corrected chi connectivity index (χ4v) is 6.40. The second-order valence-electron chi connectivity index (χ2n) is 6.35. The zero-order valence-electron chi connectivity index (χ0n) is 11.6. The van der Waals surface area contributed by atoms with Crippen LogP contribution in [-0.4, -0.2) is 29.6 Å². The lowest BCUT2D eigenvalue weighted by atomic mass is 9.81. The Morgan fingerprint density at radius 2 is 1.62 bits per heavy atom. The molecule has 116 valence electrons. The molecular weight excluding hydrogens is 298 g/mol. The average molecular weight is 316 g/mol. The van der Waals surface area contributed by atoms with Crippen molar-refractivity contribution in [3.63, 3.8) is 0 Å². The molecule has 2 bridgehead atoms. The van der Waals surface area contributed by atoms with Crippen molar-refractivity contribution >= 4 is 9.84 Å². The van der Waals surface area contributed by atoms with Crippen molar-refractivity contribution in [2.45, 2.75) is 54.6 Å². The molecule has 3 rings (SSSR count). The van der Waals surface area contributed by atoms with Crippen LogP contribution in [0.2, 0.25) is 0 Å². The van der Waals surface area contributed by atoms with Gasteiger partial charge in [0, 0.05) is 12.5 Å². The second kappa shape index (κ2) is 5.02. The maximum absolute atomic E-state index is 13.2. The molecule has 0 amide bonds. The van der Waals surface area contributed by atoms with Crippen LogP contribution in [0.4, 0.5) is 8.78 Å². The average Bonchev–Trinajstić information content (AvgIpc) is 2.30. The topological polar surface area (TPSA) is 54.4 Å². The van der Waals surface area contributed by atoms with E-state index in [0.29, 0.717) is 18.4 Å². The molecule has 2 aliphatic rings. The molecule has 0 aliphatic carbocycles. The second-order valence-corrected chi connectivity index (χ2v) is 8.86. The van der Waals surface area contributed by atoms with Crippen LogP contribution in [-0.2, 0) is 16.3 Å². The zero-order chi connectivity index (χ0) is 15.3. The summed E-state index contributed by atoms with van der Waals surface area (Å²) in [6, 6.07) is 3.17. The smallest absolute Gasteiger partial charge is 0.156 e. The number of hydrogen-bond donors (Lipinski definition) is 1. The van der Waals surface area contributed by atoms with Crippen LogP contribution in [0.3, 0.4) is 0 Å². The maximum Gasteiger partial charge on any atom is 0.156 e. The first kappa shape index (κ1) is 14.9. The van der Waals surface area contributed by atoms with E-state index in [1.54, 1.807) is 0 Å². The van der Waals surface area contributed by atoms with Crippen LogP contribution in [0, 0.1) is 11.6 Å². The van der Waals surface area contributed by atoms with Gasteiger partial charge in [-0.25, -0.2) is 17.2 Å². The van der Waals surface area contributed by atoms with Crippen LogP contribution < -0.4 is 0 Å². The van der Waals surface area contributed by atoms with E-state index in [4.69, 9.17) is 0 Å². The van der Waals surface area contributed by atoms with E-state index < -0.39 is 37.6 Å². The molecule has 2 heterocycles. The summed E-state index contributed by atoms with van der Waals surface area (Å²) in [5.74, 6) is -1.37. The molecule has 21 heavy (non-hydrogen) atoms. The number of halogens is 2. The maximum atomic E-state index is 13.2. The van der Waals surface area contributed by atoms with Gasteiger partial charge < -0.3 is 5.11 Å². The Bertz CT molecular complexity index is 617. The van der Waals surface area contributed by atoms with Gasteiger partial charge in [0.05, 0.1) is 16.1 Å². The fraction of sp³-hybridized carbons (Fsp3) is 0.600. The van der Waals surface area contributed by atoms with E-state index in [-0.39, 0.29) is 19.3 Å². The third-order valence-electron chi connectivity index (χ3n) is 4.65. The molecule has 1 aromatic rings. The minimum atomic E-state index is -3.15. The third kappa shape index (κ3) is 2.83. The van der Waals surface area contributed by atoms with E-state index in [1.165, 1.54) is 12.1 Å². The Hall–Kier alpha value is -1.01. The molecule has 2 unspecified atom stereocenters. The molecule has 2 atom stereocenters. The number of fused-ring (bicyclic) bond motifs is 2. The molecule has 2 fully saturated rings. The van der Waals surface area contributed by atoms with Crippen molar-refractivity contribution in [3.05, 3.63) is 35.4 Å². The zero-order valence-corrected chi connectivity index (χ0v) is 12.4. The minimum absolute atomic E-state index is 0.0875. The monoisotopic (exact) mass is 316 g/mol. The molecule has 0 spiro atoms. The van der Waals surface area contributed by atoms with Gasteiger partial charge in [-0.15, -0.1) is 0 Å². The van der Waals surface area contributed by atoms with Crippen LogP contribution in [0.15, 0.2) is 18.2 Å². The van der Waals surface area contributed by atoms with Gasteiger partial charge in [0.1, 0.15) is 11.6 Å². The van der Waals surface area contributed by atoms with Crippen molar-refractivity contribution in [3.8, 4) is 0 Å². The summed E-state index contributed by atoms with van der Waals surface area (Å²) >= 11 is 0. The summed E-state index contributed by atoms with van der Waals surface area (Å²) in [5, 5.41) is 9.70. The number of aliphatic hydroxyl groups is 1. The molecule has 3 nitrogen and oxygen atoms in total. The summed E-state index contributed by atoms with van der Waals surface area (Å²) in [7, 11) is -3.15. The summed E-state index contributed by atoms with van der Waals surface area (Å²) in [4.78, 5) is 0. The van der Waals surface area contributed by atoms with Crippen LogP contribution in [0.1, 0.15) is 37.7 Å². The quantitative estimate of drug-likeness (QED) is 0.911. The molecule has 1 N–H and O–H groups in total. The van der Waals surface area contributed by atoms with Crippen molar-refractivity contribution in [1.29, 1.82) is 0 Å². The standard InChI is InChI=1S/C15H18F2O3S/c16-11-4-10(5-12(17)6-11)7-15(18)8-13-2-1-3-14(9-15)21(13,19)20/h4-6,13-14,18H,1-3,7-9H2. The summed E-state index contributed by atoms with van der Waals surface area (Å²) in [6.45, 7) is 0. The van der Waals surface area contributed by atoms with Crippen molar-refractivity contribution in [2.75, 3.05) is 0 Å². The number of benzene rings is 1. The van der Waals surface area contributed by atoms with E-state index in [1.807, 2.05) is 0 Å². The van der Waals surface area contributed by atoms with Gasteiger partial charge in [0.2, 0.25) is 0 Å². The van der Waals surface area contributed by atoms with Crippen molar-refractivity contribution < 1.29 is 22.3 Å². The Kier molecular flexibility index (Phi) is 3.56. The van der Waals surface area contributed by atoms with Crippen LogP contribution in [0.5, 0.6) is 0 Å². The highest BCUT2D eigenvalue weighted by Crippen LogP contribution is 2.42. The van der Waals surface area contributed by atoms with Crippen molar-refractivity contribution in [1.82, 2.24) is 0 Å². The van der Waals surface area contributed by atoms with Gasteiger partial charge in [-0.05, 0) is 43.4 Å². The molecule has 6 heteroatoms. The molecular formula is C15H18F2O3S. The Labute approximate surface area is 122 Å². The van der Waals surface area contributed by atoms with E-state index in [9.17, 15) is 22.3 Å². The minimum Gasteiger partial charge on any atom is -0.389 e. The number of hydrogen-bond acceptors (Lipinski definition) is 3. The largest absolute Gasteiger partial charge is 0.389 e. The molecule has 0 aromatic heterocycles. The number of rotatable bonds is 2. The normalized spacial score (nSPS) is 34.6. The highest BCUT2D eigenvalue weighted by molar-refractivity contribution is 7.92. The highest BCUT2D eigenvalue weighted by Gasteiger charge is 2.50. The summed E-state index contributed by atoms with van der Waals surface area (Å²) < 4.78 is 50.9. The molecule has 1 aromatic carbocycles. The number of sulfone groups is 1. The Morgan fingerprint density at radius 3 is 2.14 bits per heavy atom. The lowest BCUT2D eigenvalue weighted by Crippen LogP contribution is -2.52. The molecule has 2 saturated heterocycles. The predicted octanol–water partition coefficient (Wildman–Crippen LogP) is 2.37. The van der Waals surface area contributed by atoms with E-state index >= 15 is 0 Å². The summed E-state index contributed by atoms with van der Waals surface area (Å²) in [6.07, 6.45) is 2.40. The van der Waals surface area contributed by atoms with Gasteiger partial charge in [-0.3, -0.25) is 0 Å². The first-order chi connectivity index (χ1) is 9.78. The summed E-state index contributed by atoms with van der Waals surface area (Å²) in [5.41, 5.74) is -0.825. The van der Waals surface area contributed by atoms with E-state index in [2.05, 4.69) is 0 Å². The van der Waals surface area contributed by atoms with Gasteiger partial charge in [0.15, 0.2) is 9.84 Å². The lowest BCUT2D eigenvalue weighted by Gasteiger charge is -2.44. The van der Waals surface area contributed by atoms with Gasteiger partial charge in [0.25, 0.3) is 0 Å². The molecule has 0 radical (unpaired) electrons. The first-order valence-corrected chi connectivity index (χ1v) is 8.80. The molecule has 2 aliphatic heterocycles. The first-order valence-electron chi connectivity index (χ1n) is 7.19. The SMILES string of the molecule is O=S1(=O)C2CCCC1CC(O)(Cc1cc(F)cc(F)c1)C2. The van der Waals surface area contributed by atoms with Crippen LogP contribution in [0.25, 0.3) is 0 Å². The Balaban J connectivity index is 1.85. The molecule has 0 saturated carbocycles. The highest BCUT2D eigenvalue weighted by atomic mass is 32.2. The van der Waals surface area contributed by atoms with E-state index in [0.717, 1.165) is 12.5 Å². The fourth-order valence-electron chi connectivity index (χ4n) is 3.78. The van der Waals surface area contributed by atoms with Crippen LogP contribution >= 0.6 is 0 Å². The Morgan fingerprint density at radius 1 is 1.10 bits per heavy atom. The lowest BCUT2D eigenvalue weighted by molar-refractivity contribution is 0.00980.